The molecule has 1 aliphatic heterocycles. The largest absolute Gasteiger partial charge is 0.416 e. The highest BCUT2D eigenvalue weighted by atomic mass is 19.4. The molecule has 5 nitrogen and oxygen atoms in total. The van der Waals surface area contributed by atoms with Crippen LogP contribution in [0.3, 0.4) is 0 Å². The van der Waals surface area contributed by atoms with Gasteiger partial charge in [-0.25, -0.2) is 9.97 Å². The SMILES string of the molecule is O=C(c1cnc(Nc2ccc(C(F)(F)F)cc2)cn1)N1CCc2ccccc21. The number of nitrogens with one attached hydrogen (secondary N) is 1. The molecule has 0 spiro atoms. The molecule has 0 bridgehead atoms. The van der Waals surface area contributed by atoms with E-state index < -0.39 is 11.7 Å². The highest BCUT2D eigenvalue weighted by molar-refractivity contribution is 6.05. The van der Waals surface area contributed by atoms with Crippen molar-refractivity contribution in [1.29, 1.82) is 0 Å². The minimum atomic E-state index is -4.38. The third-order valence-corrected chi connectivity index (χ3v) is 4.49. The summed E-state index contributed by atoms with van der Waals surface area (Å²) in [6, 6.07) is 12.3. The van der Waals surface area contributed by atoms with E-state index in [-0.39, 0.29) is 11.6 Å². The molecule has 2 aromatic carbocycles. The number of alkyl halides is 3. The van der Waals surface area contributed by atoms with Crippen LogP contribution in [0.5, 0.6) is 0 Å². The maximum Gasteiger partial charge on any atom is 0.416 e. The molecule has 3 aromatic rings. The highest BCUT2D eigenvalue weighted by Crippen LogP contribution is 2.30. The predicted molar refractivity (Wildman–Crippen MR) is 98.6 cm³/mol. The van der Waals surface area contributed by atoms with Crippen molar-refractivity contribution in [3.8, 4) is 0 Å². The molecule has 0 fully saturated rings. The zero-order chi connectivity index (χ0) is 19.7. The van der Waals surface area contributed by atoms with Gasteiger partial charge in [-0.05, 0) is 42.3 Å². The van der Waals surface area contributed by atoms with Gasteiger partial charge >= 0.3 is 6.18 Å². The van der Waals surface area contributed by atoms with Crippen molar-refractivity contribution in [2.75, 3.05) is 16.8 Å². The molecule has 142 valence electrons. The number of fused-ring (bicyclic) bond motifs is 1. The van der Waals surface area contributed by atoms with Crippen LogP contribution in [0.4, 0.5) is 30.4 Å². The average Bonchev–Trinajstić information content (AvgIpc) is 3.12. The van der Waals surface area contributed by atoms with E-state index in [4.69, 9.17) is 0 Å². The number of carbonyl (C=O) groups excluding carboxylic acids is 1. The van der Waals surface area contributed by atoms with Crippen molar-refractivity contribution in [2.45, 2.75) is 12.6 Å². The second-order valence-electron chi connectivity index (χ2n) is 6.32. The van der Waals surface area contributed by atoms with Gasteiger partial charge in [-0.3, -0.25) is 4.79 Å². The Morgan fingerprint density at radius 3 is 2.43 bits per heavy atom. The number of amides is 1. The fourth-order valence-corrected chi connectivity index (χ4v) is 3.08. The molecule has 1 aliphatic rings. The number of benzene rings is 2. The average molecular weight is 384 g/mol. The standard InChI is InChI=1S/C20H15F3N4O/c21-20(22,23)14-5-7-15(8-6-14)26-18-12-24-16(11-25-18)19(28)27-10-9-13-3-1-2-4-17(13)27/h1-8,11-12H,9-10H2,(H,25,26). The van der Waals surface area contributed by atoms with E-state index in [2.05, 4.69) is 15.3 Å². The quantitative estimate of drug-likeness (QED) is 0.725. The summed E-state index contributed by atoms with van der Waals surface area (Å²) in [7, 11) is 0. The predicted octanol–water partition coefficient (Wildman–Crippen LogP) is 4.44. The van der Waals surface area contributed by atoms with Crippen LogP contribution < -0.4 is 10.2 Å². The third kappa shape index (κ3) is 3.53. The molecule has 1 N–H and O–H groups in total. The van der Waals surface area contributed by atoms with E-state index in [1.165, 1.54) is 24.5 Å². The van der Waals surface area contributed by atoms with Gasteiger partial charge in [-0.2, -0.15) is 13.2 Å². The maximum absolute atomic E-state index is 12.7. The van der Waals surface area contributed by atoms with Crippen LogP contribution in [0.25, 0.3) is 0 Å². The Balaban J connectivity index is 1.46. The number of hydrogen-bond donors (Lipinski definition) is 1. The Morgan fingerprint density at radius 2 is 1.75 bits per heavy atom. The van der Waals surface area contributed by atoms with Gasteiger partial charge in [0.1, 0.15) is 11.5 Å². The van der Waals surface area contributed by atoms with Crippen LogP contribution in [0.15, 0.2) is 60.9 Å². The van der Waals surface area contributed by atoms with Crippen LogP contribution in [0.2, 0.25) is 0 Å². The summed E-state index contributed by atoms with van der Waals surface area (Å²) in [6.45, 7) is 0.589. The smallest absolute Gasteiger partial charge is 0.339 e. The molecule has 1 aromatic heterocycles. The molecule has 0 saturated carbocycles. The number of aromatic nitrogens is 2. The lowest BCUT2D eigenvalue weighted by molar-refractivity contribution is -0.137. The minimum Gasteiger partial charge on any atom is -0.339 e. The lowest BCUT2D eigenvalue weighted by atomic mass is 10.2. The van der Waals surface area contributed by atoms with Crippen LogP contribution in [0, 0.1) is 0 Å². The molecule has 4 rings (SSSR count). The van der Waals surface area contributed by atoms with E-state index in [0.717, 1.165) is 29.8 Å². The zero-order valence-corrected chi connectivity index (χ0v) is 14.6. The summed E-state index contributed by atoms with van der Waals surface area (Å²) in [5.41, 5.74) is 1.91. The van der Waals surface area contributed by atoms with Gasteiger partial charge < -0.3 is 10.2 Å². The number of para-hydroxylation sites is 1. The second-order valence-corrected chi connectivity index (χ2v) is 6.32. The first kappa shape index (κ1) is 18.0. The minimum absolute atomic E-state index is 0.203. The number of rotatable bonds is 3. The van der Waals surface area contributed by atoms with E-state index >= 15 is 0 Å². The van der Waals surface area contributed by atoms with Gasteiger partial charge in [0.15, 0.2) is 0 Å². The molecule has 2 heterocycles. The molecular weight excluding hydrogens is 369 g/mol. The van der Waals surface area contributed by atoms with Gasteiger partial charge in [0, 0.05) is 17.9 Å². The number of hydrogen-bond acceptors (Lipinski definition) is 4. The number of carbonyl (C=O) groups is 1. The molecular formula is C20H15F3N4O. The highest BCUT2D eigenvalue weighted by Gasteiger charge is 2.30. The van der Waals surface area contributed by atoms with Crippen molar-refractivity contribution >= 4 is 23.1 Å². The van der Waals surface area contributed by atoms with E-state index in [0.29, 0.717) is 18.1 Å². The first-order valence-corrected chi connectivity index (χ1v) is 8.58. The first-order chi connectivity index (χ1) is 13.4. The lowest BCUT2D eigenvalue weighted by Crippen LogP contribution is -2.29. The van der Waals surface area contributed by atoms with Crippen LogP contribution in [-0.4, -0.2) is 22.4 Å². The Bertz CT molecular complexity index is 1000. The van der Waals surface area contributed by atoms with Crippen molar-refractivity contribution < 1.29 is 18.0 Å². The molecule has 28 heavy (non-hydrogen) atoms. The summed E-state index contributed by atoms with van der Waals surface area (Å²) >= 11 is 0. The lowest BCUT2D eigenvalue weighted by Gasteiger charge is -2.16. The summed E-state index contributed by atoms with van der Waals surface area (Å²) < 4.78 is 37.8. The van der Waals surface area contributed by atoms with Gasteiger partial charge in [0.2, 0.25) is 0 Å². The molecule has 0 atom stereocenters. The topological polar surface area (TPSA) is 58.1 Å². The molecule has 0 saturated heterocycles. The number of anilines is 3. The van der Waals surface area contributed by atoms with E-state index in [1.54, 1.807) is 4.90 Å². The maximum atomic E-state index is 12.7. The van der Waals surface area contributed by atoms with Gasteiger partial charge in [0.25, 0.3) is 5.91 Å². The van der Waals surface area contributed by atoms with E-state index in [9.17, 15) is 18.0 Å². The Kier molecular flexibility index (Phi) is 4.46. The number of nitrogens with zero attached hydrogens (tertiary/aromatic N) is 3. The number of halogens is 3. The van der Waals surface area contributed by atoms with Crippen LogP contribution in [-0.2, 0) is 12.6 Å². The van der Waals surface area contributed by atoms with Crippen LogP contribution in [0.1, 0.15) is 21.6 Å². The van der Waals surface area contributed by atoms with E-state index in [1.807, 2.05) is 24.3 Å². The van der Waals surface area contributed by atoms with Crippen molar-refractivity contribution in [2.24, 2.45) is 0 Å². The monoisotopic (exact) mass is 384 g/mol. The molecule has 1 amide bonds. The van der Waals surface area contributed by atoms with Gasteiger partial charge in [-0.1, -0.05) is 18.2 Å². The Morgan fingerprint density at radius 1 is 1.00 bits per heavy atom. The molecule has 8 heteroatoms. The fourth-order valence-electron chi connectivity index (χ4n) is 3.08. The van der Waals surface area contributed by atoms with Gasteiger partial charge in [-0.15, -0.1) is 0 Å². The van der Waals surface area contributed by atoms with Crippen molar-refractivity contribution in [3.63, 3.8) is 0 Å². The van der Waals surface area contributed by atoms with Crippen molar-refractivity contribution in [1.82, 2.24) is 9.97 Å². The summed E-state index contributed by atoms with van der Waals surface area (Å²) in [5.74, 6) is 0.0941. The molecule has 0 unspecified atom stereocenters. The summed E-state index contributed by atoms with van der Waals surface area (Å²) in [4.78, 5) is 22.7. The molecule has 0 aliphatic carbocycles. The van der Waals surface area contributed by atoms with Crippen molar-refractivity contribution in [3.05, 3.63) is 77.7 Å². The summed E-state index contributed by atoms with van der Waals surface area (Å²) in [5, 5.41) is 2.87. The Hall–Kier alpha value is -3.42. The van der Waals surface area contributed by atoms with Crippen LogP contribution >= 0.6 is 0 Å². The second kappa shape index (κ2) is 6.95. The molecule has 0 radical (unpaired) electrons. The Labute approximate surface area is 158 Å². The van der Waals surface area contributed by atoms with Gasteiger partial charge in [0.05, 0.1) is 18.0 Å². The summed E-state index contributed by atoms with van der Waals surface area (Å²) in [6.07, 6.45) is -0.847. The fraction of sp³-hybridized carbons (Fsp3) is 0.150. The third-order valence-electron chi connectivity index (χ3n) is 4.49. The normalized spacial score (nSPS) is 13.3. The zero-order valence-electron chi connectivity index (χ0n) is 14.6. The first-order valence-electron chi connectivity index (χ1n) is 8.58.